The predicted molar refractivity (Wildman–Crippen MR) is 159 cm³/mol. The van der Waals surface area contributed by atoms with Crippen molar-refractivity contribution in [3.8, 4) is 22.2 Å². The summed E-state index contributed by atoms with van der Waals surface area (Å²) >= 11 is 1.43. The van der Waals surface area contributed by atoms with E-state index in [1.165, 1.54) is 23.5 Å². The average molecular weight is 589 g/mol. The molecule has 1 unspecified atom stereocenters. The number of benzene rings is 2. The van der Waals surface area contributed by atoms with Crippen LogP contribution in [-0.4, -0.2) is 46.6 Å². The summed E-state index contributed by atoms with van der Waals surface area (Å²) in [4.78, 5) is 34.9. The molecule has 0 aliphatic carbocycles. The molecule has 0 radical (unpaired) electrons. The van der Waals surface area contributed by atoms with Crippen LogP contribution in [0.15, 0.2) is 73.1 Å². The van der Waals surface area contributed by atoms with E-state index in [0.717, 1.165) is 33.7 Å². The summed E-state index contributed by atoms with van der Waals surface area (Å²) in [5.41, 5.74) is 7.82. The third-order valence-electron chi connectivity index (χ3n) is 6.57. The minimum absolute atomic E-state index is 0.0747. The van der Waals surface area contributed by atoms with Crippen molar-refractivity contribution in [2.24, 2.45) is 12.8 Å². The van der Waals surface area contributed by atoms with E-state index in [2.05, 4.69) is 20.6 Å². The van der Waals surface area contributed by atoms with E-state index in [4.69, 9.17) is 15.2 Å². The molecular formula is C30H29FN6O4S. The number of primary amides is 1. The number of nitrogens with two attached hydrogens (primary N) is 1. The smallest absolute Gasteiger partial charge is 0.241 e. The van der Waals surface area contributed by atoms with Crippen LogP contribution in [0, 0.1) is 5.82 Å². The minimum Gasteiger partial charge on any atom is -0.453 e. The van der Waals surface area contributed by atoms with Gasteiger partial charge >= 0.3 is 0 Å². The van der Waals surface area contributed by atoms with Gasteiger partial charge in [0.2, 0.25) is 11.8 Å². The summed E-state index contributed by atoms with van der Waals surface area (Å²) in [5.74, 6) is -2.59. The number of anilines is 1. The Morgan fingerprint density at radius 1 is 1.10 bits per heavy atom. The molecular weight excluding hydrogens is 559 g/mol. The van der Waals surface area contributed by atoms with Crippen molar-refractivity contribution >= 4 is 39.1 Å². The van der Waals surface area contributed by atoms with Crippen LogP contribution < -0.4 is 21.1 Å². The first-order valence-electron chi connectivity index (χ1n) is 13.1. The number of methoxy groups -OCH3 is 1. The SMILES string of the molecule is COCCNCc1cnc(-c2cc3nccc(Oc4ccc(C(C(N)=O)C(=O)Nc5ccccc5)cc4F)c3s2)n1C. The molecule has 0 fully saturated rings. The lowest BCUT2D eigenvalue weighted by Crippen LogP contribution is -2.32. The van der Waals surface area contributed by atoms with E-state index in [-0.39, 0.29) is 11.3 Å². The van der Waals surface area contributed by atoms with Gasteiger partial charge in [-0.15, -0.1) is 11.3 Å². The van der Waals surface area contributed by atoms with Crippen molar-refractivity contribution in [3.05, 3.63) is 90.1 Å². The van der Waals surface area contributed by atoms with E-state index in [0.29, 0.717) is 30.1 Å². The summed E-state index contributed by atoms with van der Waals surface area (Å²) in [6.45, 7) is 1.99. The van der Waals surface area contributed by atoms with E-state index in [1.54, 1.807) is 49.7 Å². The lowest BCUT2D eigenvalue weighted by molar-refractivity contribution is -0.127. The van der Waals surface area contributed by atoms with E-state index >= 15 is 4.39 Å². The molecule has 42 heavy (non-hydrogen) atoms. The normalized spacial score (nSPS) is 11.9. The maximum Gasteiger partial charge on any atom is 0.241 e. The first-order chi connectivity index (χ1) is 20.4. The Morgan fingerprint density at radius 3 is 2.64 bits per heavy atom. The summed E-state index contributed by atoms with van der Waals surface area (Å²) in [5, 5.41) is 5.95. The van der Waals surface area contributed by atoms with Crippen molar-refractivity contribution in [3.63, 3.8) is 0 Å². The molecule has 0 saturated carbocycles. The maximum absolute atomic E-state index is 15.3. The van der Waals surface area contributed by atoms with Gasteiger partial charge in [0, 0.05) is 45.2 Å². The third kappa shape index (κ3) is 6.30. The Bertz CT molecular complexity index is 1720. The molecule has 1 atom stereocenters. The van der Waals surface area contributed by atoms with Crippen LogP contribution >= 0.6 is 11.3 Å². The van der Waals surface area contributed by atoms with Gasteiger partial charge < -0.3 is 30.4 Å². The van der Waals surface area contributed by atoms with E-state index < -0.39 is 23.5 Å². The molecule has 216 valence electrons. The molecule has 10 nitrogen and oxygen atoms in total. The average Bonchev–Trinajstić information content (AvgIpc) is 3.56. The molecule has 3 aromatic heterocycles. The van der Waals surface area contributed by atoms with E-state index in [9.17, 15) is 9.59 Å². The van der Waals surface area contributed by atoms with Crippen LogP contribution in [0.25, 0.3) is 20.9 Å². The van der Waals surface area contributed by atoms with Crippen LogP contribution in [0.4, 0.5) is 10.1 Å². The Labute approximate surface area is 245 Å². The standard InChI is InChI=1S/C30H29FN6O4S/c1-37-20(16-33-12-13-40-2)17-35-29(37)25-15-22-27(42-25)24(10-11-34-22)41-23-9-8-18(14-21(23)31)26(28(32)38)30(39)36-19-6-4-3-5-7-19/h3-11,14-15,17,26,33H,12-13,16H2,1-2H3,(H2,32,38)(H,36,39). The van der Waals surface area contributed by atoms with Gasteiger partial charge in [-0.1, -0.05) is 24.3 Å². The second-order valence-corrected chi connectivity index (χ2v) is 10.5. The fourth-order valence-electron chi connectivity index (χ4n) is 4.41. The molecule has 0 aliphatic heterocycles. The Morgan fingerprint density at radius 2 is 1.90 bits per heavy atom. The molecule has 3 heterocycles. The topological polar surface area (TPSA) is 133 Å². The van der Waals surface area contributed by atoms with Crippen molar-refractivity contribution in [2.45, 2.75) is 12.5 Å². The second kappa shape index (κ2) is 12.9. The van der Waals surface area contributed by atoms with Crippen LogP contribution in [0.1, 0.15) is 17.2 Å². The molecule has 0 bridgehead atoms. The molecule has 4 N–H and O–H groups in total. The van der Waals surface area contributed by atoms with Crippen molar-refractivity contribution < 1.29 is 23.5 Å². The molecule has 0 spiro atoms. The number of nitrogens with one attached hydrogen (secondary N) is 2. The van der Waals surface area contributed by atoms with Gasteiger partial charge in [0.05, 0.1) is 33.6 Å². The van der Waals surface area contributed by atoms with Gasteiger partial charge in [-0.2, -0.15) is 0 Å². The summed E-state index contributed by atoms with van der Waals surface area (Å²) in [6, 6.07) is 16.1. The van der Waals surface area contributed by atoms with Crippen LogP contribution in [0.2, 0.25) is 0 Å². The fraction of sp³-hybridized carbons (Fsp3) is 0.200. The third-order valence-corrected chi connectivity index (χ3v) is 7.70. The number of fused-ring (bicyclic) bond motifs is 1. The van der Waals surface area contributed by atoms with Crippen molar-refractivity contribution in [1.82, 2.24) is 19.9 Å². The zero-order valence-corrected chi connectivity index (χ0v) is 23.8. The number of para-hydroxylation sites is 1. The first kappa shape index (κ1) is 28.9. The zero-order chi connectivity index (χ0) is 29.6. The summed E-state index contributed by atoms with van der Waals surface area (Å²) in [6.07, 6.45) is 3.40. The highest BCUT2D eigenvalue weighted by Gasteiger charge is 2.28. The maximum atomic E-state index is 15.3. The number of rotatable bonds is 12. The molecule has 5 aromatic rings. The minimum atomic E-state index is -1.39. The number of carbonyl (C=O) groups excluding carboxylic acids is 2. The van der Waals surface area contributed by atoms with E-state index in [1.807, 2.05) is 23.9 Å². The highest BCUT2D eigenvalue weighted by atomic mass is 32.1. The van der Waals surface area contributed by atoms with Gasteiger partial charge in [-0.3, -0.25) is 14.6 Å². The number of aromatic nitrogens is 3. The van der Waals surface area contributed by atoms with Crippen LogP contribution in [0.5, 0.6) is 11.5 Å². The predicted octanol–water partition coefficient (Wildman–Crippen LogP) is 4.57. The molecule has 2 aromatic carbocycles. The Hall–Kier alpha value is -4.65. The lowest BCUT2D eigenvalue weighted by Gasteiger charge is -2.15. The highest BCUT2D eigenvalue weighted by molar-refractivity contribution is 7.22. The van der Waals surface area contributed by atoms with Crippen LogP contribution in [0.3, 0.4) is 0 Å². The summed E-state index contributed by atoms with van der Waals surface area (Å²) < 4.78 is 29.0. The van der Waals surface area contributed by atoms with Crippen molar-refractivity contribution in [2.75, 3.05) is 25.6 Å². The second-order valence-electron chi connectivity index (χ2n) is 9.42. The highest BCUT2D eigenvalue weighted by Crippen LogP contribution is 2.39. The largest absolute Gasteiger partial charge is 0.453 e. The van der Waals surface area contributed by atoms with Gasteiger partial charge in [0.25, 0.3) is 0 Å². The first-order valence-corrected chi connectivity index (χ1v) is 13.9. The number of halogens is 1. The number of nitrogens with zero attached hydrogens (tertiary/aromatic N) is 3. The number of hydrogen-bond donors (Lipinski definition) is 3. The van der Waals surface area contributed by atoms with Crippen molar-refractivity contribution in [1.29, 1.82) is 0 Å². The molecule has 12 heteroatoms. The molecule has 5 rings (SSSR count). The molecule has 2 amide bonds. The Balaban J connectivity index is 1.36. The van der Waals surface area contributed by atoms with Crippen LogP contribution in [-0.2, 0) is 27.9 Å². The number of thiophene rings is 1. The molecule has 0 aliphatic rings. The quantitative estimate of drug-likeness (QED) is 0.144. The number of hydrogen-bond acceptors (Lipinski definition) is 8. The number of pyridine rings is 1. The Kier molecular flexibility index (Phi) is 8.86. The van der Waals surface area contributed by atoms with Gasteiger partial charge in [0.15, 0.2) is 11.6 Å². The number of amides is 2. The lowest BCUT2D eigenvalue weighted by atomic mass is 9.97. The fourth-order valence-corrected chi connectivity index (χ4v) is 5.51. The number of imidazole rings is 1. The number of ether oxygens (including phenoxy) is 2. The zero-order valence-electron chi connectivity index (χ0n) is 23.0. The molecule has 0 saturated heterocycles. The summed E-state index contributed by atoms with van der Waals surface area (Å²) in [7, 11) is 3.61. The van der Waals surface area contributed by atoms with Gasteiger partial charge in [0.1, 0.15) is 17.5 Å². The van der Waals surface area contributed by atoms with Gasteiger partial charge in [-0.25, -0.2) is 9.37 Å². The number of carbonyl (C=O) groups is 2. The monoisotopic (exact) mass is 588 g/mol. The van der Waals surface area contributed by atoms with Gasteiger partial charge in [-0.05, 0) is 35.9 Å².